The molecule has 1 aliphatic rings. The Morgan fingerprint density at radius 3 is 2.96 bits per heavy atom. The van der Waals surface area contributed by atoms with E-state index in [1.54, 1.807) is 11.7 Å². The number of rotatable bonds is 3. The molecule has 25 heavy (non-hydrogen) atoms. The molecular weight excluding hydrogens is 318 g/mol. The van der Waals surface area contributed by atoms with Crippen molar-refractivity contribution in [2.45, 2.75) is 32.4 Å². The number of carbonyl (C=O) groups excluding carboxylic acids is 1. The van der Waals surface area contributed by atoms with Gasteiger partial charge in [0.2, 0.25) is 5.91 Å². The maximum absolute atomic E-state index is 12.7. The number of nitrogens with zero attached hydrogens (tertiary/aromatic N) is 5. The van der Waals surface area contributed by atoms with E-state index in [4.69, 9.17) is 0 Å². The monoisotopic (exact) mass is 337 g/mol. The van der Waals surface area contributed by atoms with Crippen molar-refractivity contribution >= 4 is 22.6 Å². The molecule has 0 fully saturated rings. The van der Waals surface area contributed by atoms with Gasteiger partial charge in [-0.15, -0.1) is 0 Å². The molecule has 2 aromatic heterocycles. The first kappa shape index (κ1) is 15.6. The van der Waals surface area contributed by atoms with E-state index >= 15 is 0 Å². The first-order chi connectivity index (χ1) is 12.1. The van der Waals surface area contributed by atoms with E-state index in [-0.39, 0.29) is 23.9 Å². The summed E-state index contributed by atoms with van der Waals surface area (Å²) < 4.78 is 3.05. The van der Waals surface area contributed by atoms with Gasteiger partial charge in [-0.05, 0) is 25.0 Å². The van der Waals surface area contributed by atoms with Crippen LogP contribution in [0.2, 0.25) is 0 Å². The predicted molar refractivity (Wildman–Crippen MR) is 94.5 cm³/mol. The summed E-state index contributed by atoms with van der Waals surface area (Å²) >= 11 is 0. The number of hydrogen-bond donors (Lipinski definition) is 0. The number of carbonyl (C=O) groups is 1. The Balaban J connectivity index is 1.55. The van der Waals surface area contributed by atoms with E-state index in [0.29, 0.717) is 17.6 Å². The smallest absolute Gasteiger partial charge is 0.264 e. The van der Waals surface area contributed by atoms with Crippen molar-refractivity contribution < 1.29 is 4.79 Å². The second-order valence-corrected chi connectivity index (χ2v) is 6.44. The Labute approximate surface area is 144 Å². The minimum atomic E-state index is -0.166. The summed E-state index contributed by atoms with van der Waals surface area (Å²) in [7, 11) is 1.74. The van der Waals surface area contributed by atoms with Gasteiger partial charge >= 0.3 is 0 Å². The molecule has 0 aliphatic carbocycles. The number of amides is 1. The molecule has 0 saturated heterocycles. The molecular formula is C18H19N5O2. The zero-order chi connectivity index (χ0) is 17.6. The average molecular weight is 337 g/mol. The molecule has 7 nitrogen and oxygen atoms in total. The van der Waals surface area contributed by atoms with E-state index in [2.05, 4.69) is 16.1 Å². The molecule has 1 aliphatic heterocycles. The van der Waals surface area contributed by atoms with E-state index in [1.807, 2.05) is 30.0 Å². The molecule has 3 heterocycles. The van der Waals surface area contributed by atoms with Gasteiger partial charge in [-0.3, -0.25) is 18.8 Å². The number of anilines is 1. The third-order valence-electron chi connectivity index (χ3n) is 4.76. The molecule has 4 rings (SSSR count). The lowest BCUT2D eigenvalue weighted by Gasteiger charge is -2.22. The van der Waals surface area contributed by atoms with Crippen LogP contribution < -0.4 is 10.5 Å². The average Bonchev–Trinajstić information content (AvgIpc) is 3.14. The van der Waals surface area contributed by atoms with Crippen LogP contribution in [0.4, 0.5) is 5.69 Å². The SMILES string of the molecule is C[C@H]1Cc2ccccc2N1C(=O)CCn1cnc2c(cnn2C)c1=O. The summed E-state index contributed by atoms with van der Waals surface area (Å²) in [6.07, 6.45) is 4.12. The fraction of sp³-hybridized carbons (Fsp3) is 0.333. The van der Waals surface area contributed by atoms with Crippen molar-refractivity contribution in [1.82, 2.24) is 19.3 Å². The third kappa shape index (κ3) is 2.52. The highest BCUT2D eigenvalue weighted by atomic mass is 16.2. The lowest BCUT2D eigenvalue weighted by Crippen LogP contribution is -2.36. The molecule has 0 radical (unpaired) electrons. The number of benzene rings is 1. The van der Waals surface area contributed by atoms with Crippen molar-refractivity contribution in [3.8, 4) is 0 Å². The second-order valence-electron chi connectivity index (χ2n) is 6.44. The zero-order valence-electron chi connectivity index (χ0n) is 14.2. The molecule has 0 spiro atoms. The standard InChI is InChI=1S/C18H19N5O2/c1-12-9-13-5-3-4-6-15(13)23(12)16(24)7-8-22-11-19-17-14(18(22)25)10-20-21(17)2/h3-6,10-12H,7-9H2,1-2H3/t12-/m0/s1. The molecule has 128 valence electrons. The summed E-state index contributed by atoms with van der Waals surface area (Å²) in [4.78, 5) is 31.3. The molecule has 7 heteroatoms. The van der Waals surface area contributed by atoms with Crippen LogP contribution in [0.5, 0.6) is 0 Å². The Morgan fingerprint density at radius 1 is 1.32 bits per heavy atom. The van der Waals surface area contributed by atoms with Gasteiger partial charge in [0.25, 0.3) is 5.56 Å². The lowest BCUT2D eigenvalue weighted by molar-refractivity contribution is -0.119. The van der Waals surface area contributed by atoms with Crippen LogP contribution in [0.25, 0.3) is 11.0 Å². The van der Waals surface area contributed by atoms with E-state index in [9.17, 15) is 9.59 Å². The fourth-order valence-corrected chi connectivity index (χ4v) is 3.51. The molecule has 0 saturated carbocycles. The van der Waals surface area contributed by atoms with E-state index in [0.717, 1.165) is 12.1 Å². The summed E-state index contributed by atoms with van der Waals surface area (Å²) in [5.74, 6) is 0.0237. The van der Waals surface area contributed by atoms with Crippen molar-refractivity contribution in [3.63, 3.8) is 0 Å². The Kier molecular flexibility index (Phi) is 3.63. The van der Waals surface area contributed by atoms with E-state index < -0.39 is 0 Å². The van der Waals surface area contributed by atoms with Crippen molar-refractivity contribution in [3.05, 3.63) is 52.7 Å². The fourth-order valence-electron chi connectivity index (χ4n) is 3.51. The Hall–Kier alpha value is -2.96. The highest BCUT2D eigenvalue weighted by molar-refractivity contribution is 5.96. The number of fused-ring (bicyclic) bond motifs is 2. The van der Waals surface area contributed by atoms with E-state index in [1.165, 1.54) is 22.7 Å². The normalized spacial score (nSPS) is 16.4. The minimum Gasteiger partial charge on any atom is -0.309 e. The van der Waals surface area contributed by atoms with Gasteiger partial charge in [-0.25, -0.2) is 4.98 Å². The minimum absolute atomic E-state index is 0.0237. The lowest BCUT2D eigenvalue weighted by atomic mass is 10.1. The Bertz CT molecular complexity index is 1020. The number of aryl methyl sites for hydroxylation is 2. The number of hydrogen-bond acceptors (Lipinski definition) is 4. The third-order valence-corrected chi connectivity index (χ3v) is 4.76. The van der Waals surface area contributed by atoms with Crippen LogP contribution in [-0.4, -0.2) is 31.3 Å². The quantitative estimate of drug-likeness (QED) is 0.726. The largest absolute Gasteiger partial charge is 0.309 e. The van der Waals surface area contributed by atoms with Gasteiger partial charge in [0.15, 0.2) is 5.65 Å². The van der Waals surface area contributed by atoms with Crippen LogP contribution >= 0.6 is 0 Å². The van der Waals surface area contributed by atoms with Crippen molar-refractivity contribution in [2.75, 3.05) is 4.90 Å². The molecule has 0 unspecified atom stereocenters. The second kappa shape index (κ2) is 5.84. The maximum Gasteiger partial charge on any atom is 0.264 e. The zero-order valence-corrected chi connectivity index (χ0v) is 14.2. The molecule has 0 bridgehead atoms. The number of aromatic nitrogens is 4. The van der Waals surface area contributed by atoms with Gasteiger partial charge < -0.3 is 4.90 Å². The number of para-hydroxylation sites is 1. The molecule has 1 amide bonds. The van der Waals surface area contributed by atoms with Crippen LogP contribution in [0.15, 0.2) is 41.6 Å². The van der Waals surface area contributed by atoms with Crippen LogP contribution in [0.1, 0.15) is 18.9 Å². The summed E-state index contributed by atoms with van der Waals surface area (Å²) in [5, 5.41) is 4.53. The van der Waals surface area contributed by atoms with Crippen molar-refractivity contribution in [2.24, 2.45) is 7.05 Å². The van der Waals surface area contributed by atoms with Crippen LogP contribution in [0, 0.1) is 0 Å². The topological polar surface area (TPSA) is 73.0 Å². The summed E-state index contributed by atoms with van der Waals surface area (Å²) in [6.45, 7) is 2.36. The molecule has 1 aromatic carbocycles. The van der Waals surface area contributed by atoms with Crippen molar-refractivity contribution in [1.29, 1.82) is 0 Å². The first-order valence-corrected chi connectivity index (χ1v) is 8.33. The van der Waals surface area contributed by atoms with Crippen LogP contribution in [-0.2, 0) is 24.8 Å². The Morgan fingerprint density at radius 2 is 2.12 bits per heavy atom. The molecule has 1 atom stereocenters. The van der Waals surface area contributed by atoms with Gasteiger partial charge in [0.1, 0.15) is 5.39 Å². The van der Waals surface area contributed by atoms with Gasteiger partial charge in [-0.1, -0.05) is 18.2 Å². The maximum atomic E-state index is 12.7. The first-order valence-electron chi connectivity index (χ1n) is 8.33. The van der Waals surface area contributed by atoms with Gasteiger partial charge in [-0.2, -0.15) is 5.10 Å². The summed E-state index contributed by atoms with van der Waals surface area (Å²) in [6, 6.07) is 8.12. The van der Waals surface area contributed by atoms with Crippen LogP contribution in [0.3, 0.4) is 0 Å². The summed E-state index contributed by atoms with van der Waals surface area (Å²) in [5.41, 5.74) is 2.56. The highest BCUT2D eigenvalue weighted by Crippen LogP contribution is 2.32. The molecule has 0 N–H and O–H groups in total. The van der Waals surface area contributed by atoms with Gasteiger partial charge in [0, 0.05) is 31.7 Å². The predicted octanol–water partition coefficient (Wildman–Crippen LogP) is 1.50. The van der Waals surface area contributed by atoms with Gasteiger partial charge in [0.05, 0.1) is 12.5 Å². The highest BCUT2D eigenvalue weighted by Gasteiger charge is 2.30. The molecule has 3 aromatic rings.